The van der Waals surface area contributed by atoms with Crippen LogP contribution in [-0.4, -0.2) is 24.2 Å². The van der Waals surface area contributed by atoms with Gasteiger partial charge in [0, 0.05) is 12.8 Å². The SMILES string of the molecule is O=C(CCCCCCC(=O)NN=Cc1ccc(Br)o1)NN=Cc1ccc(Br)o1. The Morgan fingerprint density at radius 2 is 1.21 bits per heavy atom. The third-order valence-corrected chi connectivity index (χ3v) is 4.36. The van der Waals surface area contributed by atoms with Crippen LogP contribution in [0.1, 0.15) is 50.0 Å². The average Bonchev–Trinajstić information content (AvgIpc) is 3.26. The maximum Gasteiger partial charge on any atom is 0.240 e. The molecule has 0 bridgehead atoms. The third-order valence-electron chi connectivity index (χ3n) is 3.51. The number of nitrogens with zero attached hydrogens (tertiary/aromatic N) is 2. The first-order chi connectivity index (χ1) is 13.5. The molecule has 0 saturated carbocycles. The maximum absolute atomic E-state index is 11.7. The minimum atomic E-state index is -0.154. The number of unbranched alkanes of at least 4 members (excludes halogenated alkanes) is 3. The topological polar surface area (TPSA) is 109 Å². The largest absolute Gasteiger partial charge is 0.448 e. The van der Waals surface area contributed by atoms with Gasteiger partial charge in [0.1, 0.15) is 11.5 Å². The van der Waals surface area contributed by atoms with Crippen LogP contribution >= 0.6 is 31.9 Å². The summed E-state index contributed by atoms with van der Waals surface area (Å²) < 4.78 is 11.7. The molecule has 0 unspecified atom stereocenters. The lowest BCUT2D eigenvalue weighted by Gasteiger charge is -2.01. The lowest BCUT2D eigenvalue weighted by atomic mass is 10.1. The normalized spacial score (nSPS) is 11.4. The van der Waals surface area contributed by atoms with Crippen LogP contribution in [0.4, 0.5) is 0 Å². The Labute approximate surface area is 179 Å². The van der Waals surface area contributed by atoms with Crippen molar-refractivity contribution < 1.29 is 18.4 Å². The first kappa shape index (κ1) is 22.1. The number of amides is 2. The minimum absolute atomic E-state index is 0.154. The second-order valence-corrected chi connectivity index (χ2v) is 7.35. The average molecular weight is 516 g/mol. The molecule has 2 aromatic rings. The molecule has 0 aliphatic rings. The van der Waals surface area contributed by atoms with E-state index in [2.05, 4.69) is 52.9 Å². The third kappa shape index (κ3) is 9.14. The first-order valence-corrected chi connectivity index (χ1v) is 10.3. The van der Waals surface area contributed by atoms with E-state index in [4.69, 9.17) is 8.83 Å². The molecule has 150 valence electrons. The van der Waals surface area contributed by atoms with Crippen molar-refractivity contribution in [1.29, 1.82) is 0 Å². The van der Waals surface area contributed by atoms with Crippen molar-refractivity contribution in [3.8, 4) is 0 Å². The highest BCUT2D eigenvalue weighted by molar-refractivity contribution is 9.10. The zero-order valence-electron chi connectivity index (χ0n) is 15.0. The number of hydrogen-bond donors (Lipinski definition) is 2. The van der Waals surface area contributed by atoms with Gasteiger partial charge < -0.3 is 8.83 Å². The van der Waals surface area contributed by atoms with Gasteiger partial charge in [0.15, 0.2) is 9.34 Å². The summed E-state index contributed by atoms with van der Waals surface area (Å²) >= 11 is 6.37. The number of carbonyl (C=O) groups excluding carboxylic acids is 2. The number of rotatable bonds is 11. The first-order valence-electron chi connectivity index (χ1n) is 8.67. The van der Waals surface area contributed by atoms with Crippen molar-refractivity contribution in [3.05, 3.63) is 45.1 Å². The van der Waals surface area contributed by atoms with Crippen LogP contribution in [0.2, 0.25) is 0 Å². The molecule has 2 rings (SSSR count). The van der Waals surface area contributed by atoms with Gasteiger partial charge in [-0.05, 0) is 69.0 Å². The fourth-order valence-corrected chi connectivity index (χ4v) is 2.81. The number of halogens is 2. The molecule has 28 heavy (non-hydrogen) atoms. The summed E-state index contributed by atoms with van der Waals surface area (Å²) in [7, 11) is 0. The van der Waals surface area contributed by atoms with Crippen molar-refractivity contribution in [2.75, 3.05) is 0 Å². The molecule has 0 aliphatic carbocycles. The van der Waals surface area contributed by atoms with E-state index in [-0.39, 0.29) is 11.8 Å². The molecule has 2 heterocycles. The van der Waals surface area contributed by atoms with E-state index in [0.29, 0.717) is 33.7 Å². The maximum atomic E-state index is 11.7. The van der Waals surface area contributed by atoms with Gasteiger partial charge in [-0.1, -0.05) is 12.8 Å². The molecule has 0 atom stereocenters. The zero-order chi connectivity index (χ0) is 20.2. The summed E-state index contributed by atoms with van der Waals surface area (Å²) in [4.78, 5) is 23.3. The molecular formula is C18H20Br2N4O4. The fraction of sp³-hybridized carbons (Fsp3) is 0.333. The standard InChI is InChI=1S/C18H20Br2N4O4/c19-15-9-7-13(27-15)11-21-23-17(25)5-3-1-2-4-6-18(26)24-22-12-14-8-10-16(20)28-14/h7-12H,1-6H2,(H,23,25)(H,24,26). The molecule has 2 aromatic heterocycles. The predicted octanol–water partition coefficient (Wildman–Crippen LogP) is 4.34. The number of furan rings is 2. The van der Waals surface area contributed by atoms with E-state index in [1.807, 2.05) is 0 Å². The second-order valence-electron chi connectivity index (χ2n) is 5.78. The predicted molar refractivity (Wildman–Crippen MR) is 112 cm³/mol. The number of hydrazone groups is 2. The van der Waals surface area contributed by atoms with E-state index in [0.717, 1.165) is 25.7 Å². The van der Waals surface area contributed by atoms with Crippen LogP contribution < -0.4 is 10.9 Å². The van der Waals surface area contributed by atoms with Gasteiger partial charge in [0.25, 0.3) is 0 Å². The highest BCUT2D eigenvalue weighted by Crippen LogP contribution is 2.12. The fourth-order valence-electron chi connectivity index (χ4n) is 2.17. The van der Waals surface area contributed by atoms with Crippen LogP contribution in [0, 0.1) is 0 Å². The van der Waals surface area contributed by atoms with Crippen molar-refractivity contribution in [2.24, 2.45) is 10.2 Å². The smallest absolute Gasteiger partial charge is 0.240 e. The van der Waals surface area contributed by atoms with E-state index in [1.165, 1.54) is 12.4 Å². The van der Waals surface area contributed by atoms with Gasteiger partial charge in [-0.3, -0.25) is 9.59 Å². The van der Waals surface area contributed by atoms with Crippen molar-refractivity contribution >= 4 is 56.1 Å². The lowest BCUT2D eigenvalue weighted by Crippen LogP contribution is -2.17. The summed E-state index contributed by atoms with van der Waals surface area (Å²) in [5.74, 6) is 0.788. The van der Waals surface area contributed by atoms with E-state index >= 15 is 0 Å². The van der Waals surface area contributed by atoms with Gasteiger partial charge in [-0.25, -0.2) is 10.9 Å². The number of nitrogens with one attached hydrogen (secondary N) is 2. The van der Waals surface area contributed by atoms with Crippen LogP contribution in [0.25, 0.3) is 0 Å². The second kappa shape index (κ2) is 12.3. The highest BCUT2D eigenvalue weighted by atomic mass is 79.9. The van der Waals surface area contributed by atoms with Crippen LogP contribution in [0.5, 0.6) is 0 Å². The Kier molecular flexibility index (Phi) is 9.70. The molecule has 10 heteroatoms. The van der Waals surface area contributed by atoms with Crippen LogP contribution in [-0.2, 0) is 9.59 Å². The molecule has 2 N–H and O–H groups in total. The molecule has 2 amide bonds. The van der Waals surface area contributed by atoms with E-state index < -0.39 is 0 Å². The minimum Gasteiger partial charge on any atom is -0.448 e. The Bertz CT molecular complexity index is 761. The number of hydrogen-bond acceptors (Lipinski definition) is 6. The Balaban J connectivity index is 1.47. The summed E-state index contributed by atoms with van der Waals surface area (Å²) in [5.41, 5.74) is 4.90. The van der Waals surface area contributed by atoms with Gasteiger partial charge in [0.05, 0.1) is 12.4 Å². The van der Waals surface area contributed by atoms with Gasteiger partial charge >= 0.3 is 0 Å². The van der Waals surface area contributed by atoms with Crippen LogP contribution in [0.3, 0.4) is 0 Å². The van der Waals surface area contributed by atoms with Crippen molar-refractivity contribution in [3.63, 3.8) is 0 Å². The van der Waals surface area contributed by atoms with E-state index in [9.17, 15) is 9.59 Å². The van der Waals surface area contributed by atoms with Gasteiger partial charge in [0.2, 0.25) is 11.8 Å². The summed E-state index contributed by atoms with van der Waals surface area (Å²) in [6.45, 7) is 0. The molecule has 0 saturated heterocycles. The zero-order valence-corrected chi connectivity index (χ0v) is 18.2. The molecule has 8 nitrogen and oxygen atoms in total. The number of carbonyl (C=O) groups is 2. The summed E-state index contributed by atoms with van der Waals surface area (Å²) in [6, 6.07) is 6.95. The molecular weight excluding hydrogens is 496 g/mol. The molecule has 0 aromatic carbocycles. The van der Waals surface area contributed by atoms with Crippen molar-refractivity contribution in [1.82, 2.24) is 10.9 Å². The van der Waals surface area contributed by atoms with Gasteiger partial charge in [-0.15, -0.1) is 0 Å². The van der Waals surface area contributed by atoms with E-state index in [1.54, 1.807) is 24.3 Å². The summed E-state index contributed by atoms with van der Waals surface area (Å²) in [6.07, 6.45) is 6.84. The molecule has 0 spiro atoms. The lowest BCUT2D eigenvalue weighted by molar-refractivity contribution is -0.122. The van der Waals surface area contributed by atoms with Crippen LogP contribution in [0.15, 0.2) is 52.6 Å². The van der Waals surface area contributed by atoms with Crippen molar-refractivity contribution in [2.45, 2.75) is 38.5 Å². The quantitative estimate of drug-likeness (QED) is 0.263. The highest BCUT2D eigenvalue weighted by Gasteiger charge is 2.02. The monoisotopic (exact) mass is 514 g/mol. The van der Waals surface area contributed by atoms with Gasteiger partial charge in [-0.2, -0.15) is 10.2 Å². The molecule has 0 fully saturated rings. The summed E-state index contributed by atoms with van der Waals surface area (Å²) in [5, 5.41) is 7.66. The Morgan fingerprint density at radius 1 is 0.786 bits per heavy atom. The molecule has 0 aliphatic heterocycles. The molecule has 0 radical (unpaired) electrons. The Hall–Kier alpha value is -2.20. The Morgan fingerprint density at radius 3 is 1.57 bits per heavy atom.